The number of hydrogen-bond acceptors (Lipinski definition) is 7. The van der Waals surface area contributed by atoms with Gasteiger partial charge in [0.25, 0.3) is 0 Å². The van der Waals surface area contributed by atoms with Gasteiger partial charge in [0.05, 0.1) is 26.0 Å². The summed E-state index contributed by atoms with van der Waals surface area (Å²) >= 11 is 5.21. The van der Waals surface area contributed by atoms with Crippen LogP contribution >= 0.6 is 12.2 Å². The van der Waals surface area contributed by atoms with E-state index >= 15 is 0 Å². The number of ether oxygens (including phenoxy) is 3. The van der Waals surface area contributed by atoms with E-state index in [4.69, 9.17) is 30.8 Å². The van der Waals surface area contributed by atoms with Gasteiger partial charge in [-0.3, -0.25) is 4.79 Å². The molecule has 0 spiro atoms. The lowest BCUT2D eigenvalue weighted by molar-refractivity contribution is -0.147. The minimum Gasteiger partial charge on any atom is -0.493 e. The minimum absolute atomic E-state index is 0.0696. The van der Waals surface area contributed by atoms with Crippen LogP contribution in [0.5, 0.6) is 11.5 Å². The molecule has 2 aromatic rings. The van der Waals surface area contributed by atoms with Crippen molar-refractivity contribution < 1.29 is 28.2 Å². The summed E-state index contributed by atoms with van der Waals surface area (Å²) in [6, 6.07) is 7.50. The molecule has 1 aromatic heterocycles. The highest BCUT2D eigenvalue weighted by Crippen LogP contribution is 2.36. The Morgan fingerprint density at radius 2 is 2.07 bits per heavy atom. The van der Waals surface area contributed by atoms with E-state index in [9.17, 15) is 9.59 Å². The van der Waals surface area contributed by atoms with Gasteiger partial charge in [-0.05, 0) is 49.0 Å². The molecule has 2 unspecified atom stereocenters. The van der Waals surface area contributed by atoms with Crippen molar-refractivity contribution in [2.75, 3.05) is 13.7 Å². The Kier molecular flexibility index (Phi) is 6.18. The molecule has 3 rings (SSSR count). The average Bonchev–Trinajstić information content (AvgIpc) is 3.22. The number of methoxy groups -OCH3 is 1. The highest BCUT2D eigenvalue weighted by molar-refractivity contribution is 7.80. The van der Waals surface area contributed by atoms with Crippen molar-refractivity contribution >= 4 is 29.3 Å². The highest BCUT2D eigenvalue weighted by Gasteiger charge is 2.38. The van der Waals surface area contributed by atoms with Crippen molar-refractivity contribution in [2.24, 2.45) is 5.92 Å². The van der Waals surface area contributed by atoms with E-state index in [1.807, 2.05) is 0 Å². The number of rotatable bonds is 6. The Morgan fingerprint density at radius 1 is 1.28 bits per heavy atom. The summed E-state index contributed by atoms with van der Waals surface area (Å²) in [6.45, 7) is 5.87. The fourth-order valence-corrected chi connectivity index (χ4v) is 3.24. The number of furan rings is 1. The van der Waals surface area contributed by atoms with E-state index in [-0.39, 0.29) is 18.1 Å². The van der Waals surface area contributed by atoms with Gasteiger partial charge >= 0.3 is 11.9 Å². The monoisotopic (exact) mass is 416 g/mol. The van der Waals surface area contributed by atoms with Crippen LogP contribution in [0.3, 0.4) is 0 Å². The number of esters is 2. The molecule has 9 heteroatoms. The Morgan fingerprint density at radius 3 is 2.72 bits per heavy atom. The molecule has 2 N–H and O–H groups in total. The molecule has 1 aliphatic heterocycles. The van der Waals surface area contributed by atoms with Crippen LogP contribution in [0.1, 0.15) is 29.1 Å². The van der Waals surface area contributed by atoms with Crippen LogP contribution in [0.15, 0.2) is 53.3 Å². The molecule has 2 atom stereocenters. The summed E-state index contributed by atoms with van der Waals surface area (Å²) in [5, 5.41) is 6.27. The zero-order valence-electron chi connectivity index (χ0n) is 15.9. The van der Waals surface area contributed by atoms with E-state index in [1.165, 1.54) is 19.4 Å². The van der Waals surface area contributed by atoms with Crippen molar-refractivity contribution in [3.63, 3.8) is 0 Å². The third kappa shape index (κ3) is 4.40. The van der Waals surface area contributed by atoms with E-state index in [2.05, 4.69) is 17.2 Å². The van der Waals surface area contributed by atoms with Crippen LogP contribution in [-0.4, -0.2) is 30.8 Å². The lowest BCUT2D eigenvalue weighted by Crippen LogP contribution is -2.51. The summed E-state index contributed by atoms with van der Waals surface area (Å²) in [6.07, 6.45) is 1.38. The lowest BCUT2D eigenvalue weighted by Gasteiger charge is -2.35. The summed E-state index contributed by atoms with van der Waals surface area (Å²) in [7, 11) is 1.45. The number of carbonyl (C=O) groups is 2. The Hall–Kier alpha value is -3.33. The average molecular weight is 416 g/mol. The van der Waals surface area contributed by atoms with Gasteiger partial charge < -0.3 is 29.3 Å². The first kappa shape index (κ1) is 20.4. The van der Waals surface area contributed by atoms with Crippen LogP contribution in [-0.2, 0) is 9.53 Å². The molecule has 152 valence electrons. The molecule has 0 saturated carbocycles. The summed E-state index contributed by atoms with van der Waals surface area (Å²) in [4.78, 5) is 24.6. The van der Waals surface area contributed by atoms with Crippen LogP contribution in [0.25, 0.3) is 0 Å². The molecular formula is C20H20N2O6S. The van der Waals surface area contributed by atoms with Gasteiger partial charge in [0, 0.05) is 5.70 Å². The fraction of sp³-hybridized carbons (Fsp3) is 0.250. The van der Waals surface area contributed by atoms with Crippen LogP contribution in [0, 0.1) is 5.92 Å². The van der Waals surface area contributed by atoms with Crippen molar-refractivity contribution in [1.82, 2.24) is 10.6 Å². The maximum absolute atomic E-state index is 12.5. The molecule has 1 saturated heterocycles. The second-order valence-corrected chi connectivity index (χ2v) is 6.52. The minimum atomic E-state index is -0.706. The molecule has 29 heavy (non-hydrogen) atoms. The molecule has 8 nitrogen and oxygen atoms in total. The molecule has 1 aromatic carbocycles. The zero-order valence-corrected chi connectivity index (χ0v) is 16.7. The van der Waals surface area contributed by atoms with Gasteiger partial charge in [0.1, 0.15) is 5.92 Å². The Balaban J connectivity index is 1.90. The number of benzene rings is 1. The van der Waals surface area contributed by atoms with Crippen molar-refractivity contribution in [3.05, 3.63) is 60.2 Å². The van der Waals surface area contributed by atoms with Crippen LogP contribution in [0.2, 0.25) is 0 Å². The lowest BCUT2D eigenvalue weighted by atomic mass is 9.89. The van der Waals surface area contributed by atoms with E-state index in [0.717, 1.165) is 0 Å². The van der Waals surface area contributed by atoms with Gasteiger partial charge in [0.15, 0.2) is 16.6 Å². The van der Waals surface area contributed by atoms with Crippen LogP contribution < -0.4 is 20.1 Å². The van der Waals surface area contributed by atoms with Crippen molar-refractivity contribution in [1.29, 1.82) is 0 Å². The predicted octanol–water partition coefficient (Wildman–Crippen LogP) is 2.72. The maximum atomic E-state index is 12.5. The quantitative estimate of drug-likeness (QED) is 0.418. The second kappa shape index (κ2) is 8.78. The first-order valence-corrected chi connectivity index (χ1v) is 9.22. The molecule has 0 bridgehead atoms. The van der Waals surface area contributed by atoms with Gasteiger partial charge in [-0.25, -0.2) is 4.79 Å². The molecule has 0 amide bonds. The highest BCUT2D eigenvalue weighted by atomic mass is 32.1. The number of hydrogen-bond donors (Lipinski definition) is 2. The summed E-state index contributed by atoms with van der Waals surface area (Å²) in [5.41, 5.74) is 1.12. The molecule has 0 radical (unpaired) electrons. The number of nitrogens with one attached hydrogen (secondary N) is 2. The Bertz CT molecular complexity index is 940. The SMILES string of the molecule is C=C1NC(=S)NC(c2ccc(OC(=O)c3ccco3)c(OC)c2)C1C(=O)OCC. The topological polar surface area (TPSA) is 99.0 Å². The fourth-order valence-electron chi connectivity index (χ4n) is 2.98. The van der Waals surface area contributed by atoms with Gasteiger partial charge in [0.2, 0.25) is 5.76 Å². The summed E-state index contributed by atoms with van der Waals surface area (Å²) in [5.74, 6) is -1.21. The molecule has 2 heterocycles. The molecule has 1 fully saturated rings. The van der Waals surface area contributed by atoms with Gasteiger partial charge in [-0.15, -0.1) is 0 Å². The summed E-state index contributed by atoms with van der Waals surface area (Å²) < 4.78 is 20.9. The van der Waals surface area contributed by atoms with Gasteiger partial charge in [-0.1, -0.05) is 12.6 Å². The second-order valence-electron chi connectivity index (χ2n) is 6.11. The predicted molar refractivity (Wildman–Crippen MR) is 108 cm³/mol. The molecule has 0 aliphatic carbocycles. The van der Waals surface area contributed by atoms with E-state index in [0.29, 0.717) is 22.1 Å². The normalized spacial score (nSPS) is 18.4. The molecular weight excluding hydrogens is 396 g/mol. The molecule has 1 aliphatic rings. The maximum Gasteiger partial charge on any atom is 0.379 e. The van der Waals surface area contributed by atoms with Crippen molar-refractivity contribution in [2.45, 2.75) is 13.0 Å². The standard InChI is InChI=1S/C20H20N2O6S/c1-4-26-19(24)16-11(2)21-20(29)22-17(16)12-7-8-13(15(10-12)25-3)28-18(23)14-6-5-9-27-14/h5-10,16-17H,2,4H2,1,3H3,(H2,21,22,29). The first-order chi connectivity index (χ1) is 13.9. The third-order valence-electron chi connectivity index (χ3n) is 4.28. The number of thiocarbonyl (C=S) groups is 1. The zero-order chi connectivity index (χ0) is 21.0. The largest absolute Gasteiger partial charge is 0.493 e. The van der Waals surface area contributed by atoms with Crippen molar-refractivity contribution in [3.8, 4) is 11.5 Å². The van der Waals surface area contributed by atoms with Gasteiger partial charge in [-0.2, -0.15) is 0 Å². The van der Waals surface area contributed by atoms with E-state index in [1.54, 1.807) is 31.2 Å². The smallest absolute Gasteiger partial charge is 0.379 e. The van der Waals surface area contributed by atoms with E-state index < -0.39 is 23.9 Å². The number of carbonyl (C=O) groups excluding carboxylic acids is 2. The third-order valence-corrected chi connectivity index (χ3v) is 4.50. The van der Waals surface area contributed by atoms with Crippen LogP contribution in [0.4, 0.5) is 0 Å². The first-order valence-electron chi connectivity index (χ1n) is 8.81. The Labute approximate surface area is 172 Å².